The summed E-state index contributed by atoms with van der Waals surface area (Å²) in [5.41, 5.74) is 1.09. The van der Waals surface area contributed by atoms with E-state index in [1.165, 1.54) is 0 Å². The first kappa shape index (κ1) is 9.90. The molecular weight excluding hydrogens is 164 g/mol. The van der Waals surface area contributed by atoms with Gasteiger partial charge in [0.15, 0.2) is 0 Å². The van der Waals surface area contributed by atoms with E-state index >= 15 is 0 Å². The molecule has 1 aromatic carbocycles. The third-order valence-electron chi connectivity index (χ3n) is 1.86. The number of benzene rings is 1. The molecule has 0 atom stereocenters. The van der Waals surface area contributed by atoms with Gasteiger partial charge in [-0.25, -0.2) is 0 Å². The second kappa shape index (κ2) is 4.75. The third-order valence-corrected chi connectivity index (χ3v) is 1.86. The molecule has 0 unspecified atom stereocenters. The molecular formula is C11H16O2. The van der Waals surface area contributed by atoms with Gasteiger partial charge in [0, 0.05) is 0 Å². The Morgan fingerprint density at radius 3 is 2.69 bits per heavy atom. The van der Waals surface area contributed by atoms with Gasteiger partial charge in [-0.1, -0.05) is 13.3 Å². The standard InChI is InChI=1S/C11H16O2/c1-3-5-9-8-10(12)6-7-11(9)13-4-2/h6-8,12H,3-5H2,1-2H3. The van der Waals surface area contributed by atoms with Gasteiger partial charge in [0.2, 0.25) is 0 Å². The molecule has 0 aliphatic rings. The van der Waals surface area contributed by atoms with E-state index in [2.05, 4.69) is 6.92 Å². The summed E-state index contributed by atoms with van der Waals surface area (Å²) in [6.07, 6.45) is 2.01. The van der Waals surface area contributed by atoms with Gasteiger partial charge >= 0.3 is 0 Å². The van der Waals surface area contributed by atoms with Gasteiger partial charge in [0.25, 0.3) is 0 Å². The van der Waals surface area contributed by atoms with Crippen LogP contribution in [0.3, 0.4) is 0 Å². The minimum absolute atomic E-state index is 0.312. The molecule has 1 N–H and O–H groups in total. The molecule has 0 radical (unpaired) electrons. The van der Waals surface area contributed by atoms with Crippen LogP contribution >= 0.6 is 0 Å². The number of hydrogen-bond donors (Lipinski definition) is 1. The SMILES string of the molecule is CCCc1cc(O)ccc1OCC. The summed E-state index contributed by atoms with van der Waals surface area (Å²) >= 11 is 0. The summed E-state index contributed by atoms with van der Waals surface area (Å²) < 4.78 is 5.43. The van der Waals surface area contributed by atoms with E-state index in [1.807, 2.05) is 13.0 Å². The lowest BCUT2D eigenvalue weighted by Crippen LogP contribution is -1.96. The fourth-order valence-corrected chi connectivity index (χ4v) is 1.33. The largest absolute Gasteiger partial charge is 0.508 e. The van der Waals surface area contributed by atoms with Crippen molar-refractivity contribution in [3.8, 4) is 11.5 Å². The van der Waals surface area contributed by atoms with Crippen LogP contribution in [0.1, 0.15) is 25.8 Å². The Morgan fingerprint density at radius 2 is 2.08 bits per heavy atom. The summed E-state index contributed by atoms with van der Waals surface area (Å²) in [7, 11) is 0. The monoisotopic (exact) mass is 180 g/mol. The maximum atomic E-state index is 9.28. The Kier molecular flexibility index (Phi) is 3.62. The van der Waals surface area contributed by atoms with Crippen molar-refractivity contribution in [2.24, 2.45) is 0 Å². The first-order chi connectivity index (χ1) is 6.27. The van der Waals surface area contributed by atoms with E-state index in [0.29, 0.717) is 12.4 Å². The Labute approximate surface area is 79.2 Å². The predicted octanol–water partition coefficient (Wildman–Crippen LogP) is 2.74. The maximum Gasteiger partial charge on any atom is 0.122 e. The average molecular weight is 180 g/mol. The van der Waals surface area contributed by atoms with E-state index < -0.39 is 0 Å². The zero-order valence-electron chi connectivity index (χ0n) is 8.21. The number of aryl methyl sites for hydroxylation is 1. The number of hydrogen-bond acceptors (Lipinski definition) is 2. The van der Waals surface area contributed by atoms with Crippen LogP contribution in [0.25, 0.3) is 0 Å². The van der Waals surface area contributed by atoms with Gasteiger partial charge in [-0.2, -0.15) is 0 Å². The van der Waals surface area contributed by atoms with Crippen LogP contribution in [-0.2, 0) is 6.42 Å². The second-order valence-corrected chi connectivity index (χ2v) is 2.98. The van der Waals surface area contributed by atoms with Crippen molar-refractivity contribution in [1.29, 1.82) is 0 Å². The van der Waals surface area contributed by atoms with E-state index in [0.717, 1.165) is 24.2 Å². The smallest absolute Gasteiger partial charge is 0.122 e. The number of rotatable bonds is 4. The van der Waals surface area contributed by atoms with Crippen molar-refractivity contribution >= 4 is 0 Å². The molecule has 1 rings (SSSR count). The van der Waals surface area contributed by atoms with Crippen LogP contribution in [0.4, 0.5) is 0 Å². The van der Waals surface area contributed by atoms with Gasteiger partial charge < -0.3 is 9.84 Å². The summed E-state index contributed by atoms with van der Waals surface area (Å²) in [5.74, 6) is 1.20. The van der Waals surface area contributed by atoms with Crippen molar-refractivity contribution in [1.82, 2.24) is 0 Å². The Hall–Kier alpha value is -1.18. The van der Waals surface area contributed by atoms with Crippen molar-refractivity contribution in [2.75, 3.05) is 6.61 Å². The summed E-state index contributed by atoms with van der Waals surface area (Å²) in [6.45, 7) is 4.74. The van der Waals surface area contributed by atoms with Crippen LogP contribution in [-0.4, -0.2) is 11.7 Å². The quantitative estimate of drug-likeness (QED) is 0.772. The number of phenols is 1. The zero-order chi connectivity index (χ0) is 9.68. The Bertz CT molecular complexity index is 269. The highest BCUT2D eigenvalue weighted by Gasteiger charge is 2.02. The lowest BCUT2D eigenvalue weighted by atomic mass is 10.1. The van der Waals surface area contributed by atoms with Gasteiger partial charge in [-0.05, 0) is 37.1 Å². The highest BCUT2D eigenvalue weighted by Crippen LogP contribution is 2.24. The number of ether oxygens (including phenoxy) is 1. The molecule has 1 aromatic rings. The Morgan fingerprint density at radius 1 is 1.31 bits per heavy atom. The van der Waals surface area contributed by atoms with Crippen LogP contribution in [0, 0.1) is 0 Å². The predicted molar refractivity (Wildman–Crippen MR) is 53.3 cm³/mol. The molecule has 0 spiro atoms. The van der Waals surface area contributed by atoms with E-state index in [-0.39, 0.29) is 0 Å². The van der Waals surface area contributed by atoms with Gasteiger partial charge in [-0.15, -0.1) is 0 Å². The molecule has 2 nitrogen and oxygen atoms in total. The molecule has 0 bridgehead atoms. The molecule has 13 heavy (non-hydrogen) atoms. The molecule has 0 saturated heterocycles. The van der Waals surface area contributed by atoms with Gasteiger partial charge in [0.1, 0.15) is 11.5 Å². The van der Waals surface area contributed by atoms with Crippen LogP contribution in [0.15, 0.2) is 18.2 Å². The minimum atomic E-state index is 0.312. The van der Waals surface area contributed by atoms with Crippen molar-refractivity contribution in [3.63, 3.8) is 0 Å². The minimum Gasteiger partial charge on any atom is -0.508 e. The normalized spacial score (nSPS) is 10.0. The Balaban J connectivity index is 2.89. The zero-order valence-corrected chi connectivity index (χ0v) is 8.21. The number of phenolic OH excluding ortho intramolecular Hbond substituents is 1. The van der Waals surface area contributed by atoms with Crippen molar-refractivity contribution in [2.45, 2.75) is 26.7 Å². The molecule has 0 saturated carbocycles. The molecule has 0 heterocycles. The lowest BCUT2D eigenvalue weighted by Gasteiger charge is -2.09. The van der Waals surface area contributed by atoms with Gasteiger partial charge in [0.05, 0.1) is 6.61 Å². The fourth-order valence-electron chi connectivity index (χ4n) is 1.33. The summed E-state index contributed by atoms with van der Waals surface area (Å²) in [6, 6.07) is 5.25. The summed E-state index contributed by atoms with van der Waals surface area (Å²) in [5, 5.41) is 9.28. The van der Waals surface area contributed by atoms with Crippen molar-refractivity contribution < 1.29 is 9.84 Å². The first-order valence-electron chi connectivity index (χ1n) is 4.72. The molecule has 0 amide bonds. The van der Waals surface area contributed by atoms with Crippen molar-refractivity contribution in [3.05, 3.63) is 23.8 Å². The third kappa shape index (κ3) is 2.65. The van der Waals surface area contributed by atoms with Crippen LogP contribution in [0.2, 0.25) is 0 Å². The highest BCUT2D eigenvalue weighted by atomic mass is 16.5. The topological polar surface area (TPSA) is 29.5 Å². The summed E-state index contributed by atoms with van der Waals surface area (Å²) in [4.78, 5) is 0. The fraction of sp³-hybridized carbons (Fsp3) is 0.455. The van der Waals surface area contributed by atoms with E-state index in [4.69, 9.17) is 4.74 Å². The number of aromatic hydroxyl groups is 1. The molecule has 0 aliphatic heterocycles. The lowest BCUT2D eigenvalue weighted by molar-refractivity contribution is 0.335. The van der Waals surface area contributed by atoms with E-state index in [9.17, 15) is 5.11 Å². The molecule has 2 heteroatoms. The van der Waals surface area contributed by atoms with Crippen LogP contribution < -0.4 is 4.74 Å². The highest BCUT2D eigenvalue weighted by molar-refractivity contribution is 5.39. The molecule has 72 valence electrons. The van der Waals surface area contributed by atoms with Gasteiger partial charge in [-0.3, -0.25) is 0 Å². The van der Waals surface area contributed by atoms with E-state index in [1.54, 1.807) is 12.1 Å². The average Bonchev–Trinajstić information content (AvgIpc) is 2.10. The van der Waals surface area contributed by atoms with Crippen LogP contribution in [0.5, 0.6) is 11.5 Å². The maximum absolute atomic E-state index is 9.28. The molecule has 0 aromatic heterocycles. The molecule has 0 aliphatic carbocycles. The molecule has 0 fully saturated rings. The second-order valence-electron chi connectivity index (χ2n) is 2.98. The first-order valence-corrected chi connectivity index (χ1v) is 4.72.